The van der Waals surface area contributed by atoms with E-state index in [1.165, 1.54) is 7.11 Å². The third kappa shape index (κ3) is 4.50. The first-order valence-corrected chi connectivity index (χ1v) is 12.7. The number of para-hydroxylation sites is 1. The quantitative estimate of drug-likeness (QED) is 0.292. The molecule has 192 valence electrons. The number of aryl methyl sites for hydroxylation is 1. The molecule has 0 fully saturated rings. The van der Waals surface area contributed by atoms with Crippen LogP contribution in [-0.4, -0.2) is 36.6 Å². The zero-order chi connectivity index (χ0) is 26.9. The zero-order valence-electron chi connectivity index (χ0n) is 21.9. The highest BCUT2D eigenvalue weighted by atomic mass is 16.5. The van der Waals surface area contributed by atoms with Crippen molar-refractivity contribution in [3.8, 4) is 22.8 Å². The third-order valence-corrected chi connectivity index (χ3v) is 6.85. The molecule has 0 aliphatic rings. The molecule has 8 heteroatoms. The summed E-state index contributed by atoms with van der Waals surface area (Å²) in [4.78, 5) is 36.7. The Bertz CT molecular complexity index is 1870. The summed E-state index contributed by atoms with van der Waals surface area (Å²) in [6.45, 7) is 4.01. The molecule has 6 aromatic rings. The number of benzene rings is 2. The normalized spacial score (nSPS) is 12.1. The van der Waals surface area contributed by atoms with Gasteiger partial charge in [0.1, 0.15) is 11.3 Å². The van der Waals surface area contributed by atoms with Gasteiger partial charge in [-0.05, 0) is 48.2 Å². The minimum atomic E-state index is -0.103. The van der Waals surface area contributed by atoms with E-state index in [0.29, 0.717) is 17.6 Å². The van der Waals surface area contributed by atoms with Gasteiger partial charge in [0.15, 0.2) is 0 Å². The molecule has 0 spiro atoms. The van der Waals surface area contributed by atoms with Crippen molar-refractivity contribution in [2.75, 3.05) is 7.11 Å². The summed E-state index contributed by atoms with van der Waals surface area (Å²) in [5.41, 5.74) is 5.56. The number of fused-ring (bicyclic) bond motifs is 2. The van der Waals surface area contributed by atoms with E-state index in [0.717, 1.165) is 44.6 Å². The predicted octanol–water partition coefficient (Wildman–Crippen LogP) is 5.45. The van der Waals surface area contributed by atoms with E-state index in [2.05, 4.69) is 32.9 Å². The van der Waals surface area contributed by atoms with Crippen LogP contribution in [0.2, 0.25) is 0 Å². The number of methoxy groups -OCH3 is 1. The molecule has 4 heterocycles. The van der Waals surface area contributed by atoms with Gasteiger partial charge in [0.25, 0.3) is 5.56 Å². The van der Waals surface area contributed by atoms with Gasteiger partial charge < -0.3 is 4.74 Å². The highest BCUT2D eigenvalue weighted by molar-refractivity contribution is 5.96. The molecular weight excluding hydrogens is 488 g/mol. The van der Waals surface area contributed by atoms with Crippen molar-refractivity contribution in [2.24, 2.45) is 0 Å². The monoisotopic (exact) mass is 514 g/mol. The summed E-state index contributed by atoms with van der Waals surface area (Å²) in [5.74, 6) is 0.651. The van der Waals surface area contributed by atoms with Crippen LogP contribution in [0.25, 0.3) is 38.6 Å². The fourth-order valence-corrected chi connectivity index (χ4v) is 5.08. The van der Waals surface area contributed by atoms with Gasteiger partial charge in [0, 0.05) is 47.9 Å². The predicted molar refractivity (Wildman–Crippen MR) is 151 cm³/mol. The van der Waals surface area contributed by atoms with Crippen LogP contribution in [0.4, 0.5) is 0 Å². The van der Waals surface area contributed by atoms with Gasteiger partial charge in [-0.25, -0.2) is 19.9 Å². The molecule has 0 radical (unpaired) electrons. The van der Waals surface area contributed by atoms with Crippen molar-refractivity contribution < 1.29 is 4.74 Å². The van der Waals surface area contributed by atoms with E-state index in [4.69, 9.17) is 9.72 Å². The maximum atomic E-state index is 14.3. The summed E-state index contributed by atoms with van der Waals surface area (Å²) < 4.78 is 6.93. The first-order valence-electron chi connectivity index (χ1n) is 12.7. The number of ether oxygens (including phenoxy) is 1. The van der Waals surface area contributed by atoms with Gasteiger partial charge in [-0.3, -0.25) is 14.3 Å². The fraction of sp³-hybridized carbons (Fsp3) is 0.161. The maximum absolute atomic E-state index is 14.3. The van der Waals surface area contributed by atoms with Gasteiger partial charge in [-0.1, -0.05) is 43.3 Å². The van der Waals surface area contributed by atoms with Crippen LogP contribution < -0.4 is 10.3 Å². The minimum absolute atomic E-state index is 0.0465. The van der Waals surface area contributed by atoms with Gasteiger partial charge in [0.05, 0.1) is 23.7 Å². The topological polar surface area (TPSA) is 95.7 Å². The SMILES string of the molecule is COc1ncc(-c2cccc3cc([C@H](C)Cc4nc(C)nc5cccnc45)n(-c4ccccc4)c(=O)c23)cn1. The molecule has 0 N–H and O–H groups in total. The lowest BCUT2D eigenvalue weighted by atomic mass is 9.95. The van der Waals surface area contributed by atoms with Crippen molar-refractivity contribution in [3.05, 3.63) is 113 Å². The molecule has 0 amide bonds. The molecule has 1 atom stereocenters. The summed E-state index contributed by atoms with van der Waals surface area (Å²) >= 11 is 0. The molecule has 8 nitrogen and oxygen atoms in total. The van der Waals surface area contributed by atoms with Crippen LogP contribution in [-0.2, 0) is 6.42 Å². The highest BCUT2D eigenvalue weighted by Crippen LogP contribution is 2.31. The average molecular weight is 515 g/mol. The maximum Gasteiger partial charge on any atom is 0.316 e. The summed E-state index contributed by atoms with van der Waals surface area (Å²) in [7, 11) is 1.52. The molecule has 0 aliphatic carbocycles. The van der Waals surface area contributed by atoms with E-state index in [9.17, 15) is 4.79 Å². The molecule has 0 aliphatic heterocycles. The first-order chi connectivity index (χ1) is 19.0. The van der Waals surface area contributed by atoms with Crippen LogP contribution in [0.1, 0.15) is 30.1 Å². The van der Waals surface area contributed by atoms with E-state index < -0.39 is 0 Å². The summed E-state index contributed by atoms with van der Waals surface area (Å²) in [6.07, 6.45) is 5.72. The van der Waals surface area contributed by atoms with Crippen LogP contribution in [0.3, 0.4) is 0 Å². The number of pyridine rings is 2. The van der Waals surface area contributed by atoms with Crippen molar-refractivity contribution in [2.45, 2.75) is 26.2 Å². The molecular formula is C31H26N6O2. The molecule has 0 bridgehead atoms. The largest absolute Gasteiger partial charge is 0.467 e. The standard InChI is InChI=1S/C31H26N6O2/c1-19(15-26-29-25(13-8-14-32-29)35-20(2)36-26)27-16-21-9-7-12-24(22-17-33-31(39-3)34-18-22)28(21)30(38)37(27)23-10-5-4-6-11-23/h4-14,16-19H,15H2,1-3H3/t19-/m1/s1. The Morgan fingerprint density at radius 3 is 2.49 bits per heavy atom. The molecule has 39 heavy (non-hydrogen) atoms. The number of aromatic nitrogens is 6. The minimum Gasteiger partial charge on any atom is -0.467 e. The zero-order valence-corrected chi connectivity index (χ0v) is 21.9. The third-order valence-electron chi connectivity index (χ3n) is 6.85. The molecule has 6 rings (SSSR count). The Morgan fingerprint density at radius 1 is 0.923 bits per heavy atom. The number of rotatable bonds is 6. The first kappa shape index (κ1) is 24.4. The Hall–Kier alpha value is -4.98. The lowest BCUT2D eigenvalue weighted by molar-refractivity contribution is 0.380. The van der Waals surface area contributed by atoms with Crippen LogP contribution in [0.15, 0.2) is 90.1 Å². The fourth-order valence-electron chi connectivity index (χ4n) is 5.08. The second-order valence-electron chi connectivity index (χ2n) is 9.47. The van der Waals surface area contributed by atoms with Crippen molar-refractivity contribution in [1.29, 1.82) is 0 Å². The van der Waals surface area contributed by atoms with Crippen molar-refractivity contribution >= 4 is 21.8 Å². The lowest BCUT2D eigenvalue weighted by Gasteiger charge is -2.21. The van der Waals surface area contributed by atoms with Gasteiger partial charge in [-0.15, -0.1) is 0 Å². The van der Waals surface area contributed by atoms with E-state index >= 15 is 0 Å². The molecule has 2 aromatic carbocycles. The van der Waals surface area contributed by atoms with E-state index in [1.54, 1.807) is 18.6 Å². The summed E-state index contributed by atoms with van der Waals surface area (Å²) in [6, 6.07) is 21.8. The molecule has 0 saturated heterocycles. The van der Waals surface area contributed by atoms with E-state index in [-0.39, 0.29) is 17.5 Å². The van der Waals surface area contributed by atoms with Crippen molar-refractivity contribution in [1.82, 2.24) is 29.5 Å². The smallest absolute Gasteiger partial charge is 0.316 e. The van der Waals surface area contributed by atoms with E-state index in [1.807, 2.05) is 72.2 Å². The molecule has 4 aromatic heterocycles. The lowest BCUT2D eigenvalue weighted by Crippen LogP contribution is -2.24. The average Bonchev–Trinajstić information content (AvgIpc) is 2.97. The second kappa shape index (κ2) is 10.1. The van der Waals surface area contributed by atoms with Gasteiger partial charge in [-0.2, -0.15) is 0 Å². The number of hydrogen-bond acceptors (Lipinski definition) is 7. The second-order valence-corrected chi connectivity index (χ2v) is 9.47. The Balaban J connectivity index is 1.55. The van der Waals surface area contributed by atoms with Crippen molar-refractivity contribution in [3.63, 3.8) is 0 Å². The van der Waals surface area contributed by atoms with Crippen LogP contribution >= 0.6 is 0 Å². The van der Waals surface area contributed by atoms with Crippen LogP contribution in [0.5, 0.6) is 6.01 Å². The van der Waals surface area contributed by atoms with Crippen LogP contribution in [0, 0.1) is 6.92 Å². The number of hydrogen-bond donors (Lipinski definition) is 0. The Labute approximate surface area is 225 Å². The Kier molecular flexibility index (Phi) is 6.28. The summed E-state index contributed by atoms with van der Waals surface area (Å²) in [5, 5.41) is 1.46. The Morgan fingerprint density at radius 2 is 1.72 bits per heavy atom. The van der Waals surface area contributed by atoms with Gasteiger partial charge in [0.2, 0.25) is 0 Å². The van der Waals surface area contributed by atoms with Gasteiger partial charge >= 0.3 is 6.01 Å². The number of nitrogens with zero attached hydrogens (tertiary/aromatic N) is 6. The molecule has 0 saturated carbocycles. The molecule has 0 unspecified atom stereocenters. The highest BCUT2D eigenvalue weighted by Gasteiger charge is 2.21.